The summed E-state index contributed by atoms with van der Waals surface area (Å²) in [7, 11) is 3.92. The van der Waals surface area contributed by atoms with E-state index >= 15 is 0 Å². The summed E-state index contributed by atoms with van der Waals surface area (Å²) < 4.78 is 7.41. The Balaban J connectivity index is 1.01. The summed E-state index contributed by atoms with van der Waals surface area (Å²) in [6, 6.07) is 4.38. The van der Waals surface area contributed by atoms with Crippen LogP contribution in [0.1, 0.15) is 59.3 Å². The summed E-state index contributed by atoms with van der Waals surface area (Å²) in [5, 5.41) is 14.5. The molecule has 236 valence electrons. The second-order valence-electron chi connectivity index (χ2n) is 12.4. The number of rotatable bonds is 8. The molecule has 1 saturated heterocycles. The molecule has 0 atom stereocenters. The van der Waals surface area contributed by atoms with Crippen LogP contribution in [0, 0.1) is 0 Å². The van der Waals surface area contributed by atoms with Crippen LogP contribution in [0.3, 0.4) is 0 Å². The number of hydrogen-bond acceptors (Lipinski definition) is 10. The van der Waals surface area contributed by atoms with E-state index in [2.05, 4.69) is 67.2 Å². The van der Waals surface area contributed by atoms with E-state index < -0.39 is 0 Å². The Morgan fingerprint density at radius 1 is 1.04 bits per heavy atom. The number of nitrogens with zero attached hydrogens (tertiary/aromatic N) is 7. The molecule has 3 aromatic rings. The fourth-order valence-electron chi connectivity index (χ4n) is 6.67. The molecule has 12 nitrogen and oxygen atoms in total. The first-order valence-electron chi connectivity index (χ1n) is 16.1. The van der Waals surface area contributed by atoms with Crippen molar-refractivity contribution in [3.8, 4) is 0 Å². The van der Waals surface area contributed by atoms with Gasteiger partial charge in [0.2, 0.25) is 5.95 Å². The fraction of sp³-hybridized carbons (Fsp3) is 0.485. The summed E-state index contributed by atoms with van der Waals surface area (Å²) in [5.74, 6) is 2.34. The van der Waals surface area contributed by atoms with Crippen LogP contribution in [-0.2, 0) is 17.8 Å². The Hall–Kier alpha value is -4.29. The molecule has 0 bridgehead atoms. The van der Waals surface area contributed by atoms with Crippen LogP contribution in [0.4, 0.5) is 17.6 Å². The number of carbonyl (C=O) groups is 1. The van der Waals surface area contributed by atoms with E-state index in [1.54, 1.807) is 13.3 Å². The van der Waals surface area contributed by atoms with Crippen molar-refractivity contribution in [2.45, 2.75) is 57.3 Å². The predicted octanol–water partition coefficient (Wildman–Crippen LogP) is 3.42. The van der Waals surface area contributed by atoms with Gasteiger partial charge in [0.15, 0.2) is 0 Å². The molecule has 0 spiro atoms. The summed E-state index contributed by atoms with van der Waals surface area (Å²) in [6.45, 7) is 6.10. The number of allylic oxidation sites excluding steroid dienone is 2. The highest BCUT2D eigenvalue weighted by atomic mass is 16.5. The number of likely N-dealkylation sites (N-methyl/N-ethyl adjacent to an activating group) is 1. The number of methoxy groups -OCH3 is 1. The molecule has 0 radical (unpaired) electrons. The standard InChI is InChI=1S/C33H42N10O2/c1-41-13-15-42(16-14-41)30-8-3-22(18-35-30)19-36-33-37-20-27-26(9-11-34-31(27)40-33)23-10-12-43-29(17-23)28(21-38-43)32(44)39-24-4-6-25(45-2)7-5-24/h3,8-9,17-18,20-21,24-25H,4-7,10-16,19H2,1-2H3,(H,39,44)(H2,34,36,37,40). The van der Waals surface area contributed by atoms with Crippen molar-refractivity contribution < 1.29 is 9.53 Å². The SMILES string of the molecule is COC1CCC(NC(=O)c2cnn3c2C=C(C2=CCNc4nc(NCc5ccc(N6CCN(C)CC6)nc5)ncc42)CC3)CC1. The molecule has 1 saturated carbocycles. The largest absolute Gasteiger partial charge is 0.381 e. The minimum absolute atomic E-state index is 0.0578. The van der Waals surface area contributed by atoms with Gasteiger partial charge in [0.05, 0.1) is 23.6 Å². The van der Waals surface area contributed by atoms with E-state index in [0.717, 1.165) is 104 Å². The van der Waals surface area contributed by atoms with Gasteiger partial charge in [-0.25, -0.2) is 9.97 Å². The zero-order valence-electron chi connectivity index (χ0n) is 26.1. The molecule has 3 aliphatic heterocycles. The highest BCUT2D eigenvalue weighted by Gasteiger charge is 2.27. The number of hydrogen-bond donors (Lipinski definition) is 3. The van der Waals surface area contributed by atoms with E-state index in [4.69, 9.17) is 14.7 Å². The third kappa shape index (κ3) is 6.43. The number of anilines is 3. The lowest BCUT2D eigenvalue weighted by Gasteiger charge is -2.33. The van der Waals surface area contributed by atoms with Crippen LogP contribution in [0.2, 0.25) is 0 Å². The van der Waals surface area contributed by atoms with Gasteiger partial charge in [-0.1, -0.05) is 12.1 Å². The number of nitrogens with one attached hydrogen (secondary N) is 3. The van der Waals surface area contributed by atoms with Crippen LogP contribution >= 0.6 is 0 Å². The Bertz CT molecular complexity index is 1580. The quantitative estimate of drug-likeness (QED) is 0.349. The molecular weight excluding hydrogens is 568 g/mol. The van der Waals surface area contributed by atoms with Crippen molar-refractivity contribution in [3.05, 3.63) is 64.8 Å². The molecule has 2 fully saturated rings. The Labute approximate surface area is 264 Å². The van der Waals surface area contributed by atoms with E-state index in [1.807, 2.05) is 17.1 Å². The molecule has 0 aromatic carbocycles. The van der Waals surface area contributed by atoms with E-state index in [-0.39, 0.29) is 11.9 Å². The lowest BCUT2D eigenvalue weighted by molar-refractivity contribution is 0.0599. The van der Waals surface area contributed by atoms with Crippen molar-refractivity contribution in [1.29, 1.82) is 0 Å². The van der Waals surface area contributed by atoms with Crippen molar-refractivity contribution in [2.75, 3.05) is 62.4 Å². The lowest BCUT2D eigenvalue weighted by Crippen LogP contribution is -2.44. The van der Waals surface area contributed by atoms with Gasteiger partial charge in [0, 0.05) is 76.9 Å². The predicted molar refractivity (Wildman–Crippen MR) is 175 cm³/mol. The molecule has 3 aromatic heterocycles. The summed E-state index contributed by atoms with van der Waals surface area (Å²) in [4.78, 5) is 32.1. The van der Waals surface area contributed by atoms with Crippen molar-refractivity contribution in [1.82, 2.24) is 34.9 Å². The third-order valence-corrected chi connectivity index (χ3v) is 9.46. The molecule has 12 heteroatoms. The topological polar surface area (TPSA) is 125 Å². The number of aryl methyl sites for hydroxylation is 1. The highest BCUT2D eigenvalue weighted by molar-refractivity contribution is 5.99. The van der Waals surface area contributed by atoms with Gasteiger partial charge in [0.25, 0.3) is 5.91 Å². The second kappa shape index (κ2) is 13.0. The summed E-state index contributed by atoms with van der Waals surface area (Å²) in [5.41, 5.74) is 5.79. The maximum Gasteiger partial charge on any atom is 0.255 e. The summed E-state index contributed by atoms with van der Waals surface area (Å²) >= 11 is 0. The number of aromatic nitrogens is 5. The smallest absolute Gasteiger partial charge is 0.255 e. The molecule has 3 N–H and O–H groups in total. The average Bonchev–Trinajstić information content (AvgIpc) is 3.51. The molecule has 4 aliphatic rings. The van der Waals surface area contributed by atoms with E-state index in [9.17, 15) is 4.79 Å². The minimum Gasteiger partial charge on any atom is -0.381 e. The average molecular weight is 611 g/mol. The number of piperazine rings is 1. The monoisotopic (exact) mass is 610 g/mol. The van der Waals surface area contributed by atoms with Crippen LogP contribution < -0.4 is 20.9 Å². The minimum atomic E-state index is -0.0578. The second-order valence-corrected chi connectivity index (χ2v) is 12.4. The molecular formula is C33H42N10O2. The lowest BCUT2D eigenvalue weighted by atomic mass is 9.91. The highest BCUT2D eigenvalue weighted by Crippen LogP contribution is 2.36. The Morgan fingerprint density at radius 2 is 1.89 bits per heavy atom. The molecule has 7 rings (SSSR count). The van der Waals surface area contributed by atoms with E-state index in [1.165, 1.54) is 0 Å². The first kappa shape index (κ1) is 29.4. The number of carbonyl (C=O) groups excluding carboxylic acids is 1. The first-order chi connectivity index (χ1) is 22.0. The molecule has 1 amide bonds. The first-order valence-corrected chi connectivity index (χ1v) is 16.1. The van der Waals surface area contributed by atoms with Gasteiger partial charge in [0.1, 0.15) is 11.6 Å². The van der Waals surface area contributed by atoms with Gasteiger partial charge < -0.3 is 30.5 Å². The Kier molecular flexibility index (Phi) is 8.49. The maximum atomic E-state index is 13.3. The van der Waals surface area contributed by atoms with Crippen LogP contribution in [-0.4, -0.2) is 94.6 Å². The van der Waals surface area contributed by atoms with Crippen molar-refractivity contribution in [3.63, 3.8) is 0 Å². The fourth-order valence-corrected chi connectivity index (χ4v) is 6.67. The third-order valence-electron chi connectivity index (χ3n) is 9.46. The molecule has 1 aliphatic carbocycles. The molecule has 6 heterocycles. The normalized spacial score (nSPS) is 21.6. The number of fused-ring (bicyclic) bond motifs is 2. The molecule has 45 heavy (non-hydrogen) atoms. The van der Waals surface area contributed by atoms with Gasteiger partial charge in [-0.05, 0) is 68.0 Å². The zero-order valence-corrected chi connectivity index (χ0v) is 26.1. The van der Waals surface area contributed by atoms with Crippen LogP contribution in [0.5, 0.6) is 0 Å². The van der Waals surface area contributed by atoms with Gasteiger partial charge in [-0.2, -0.15) is 10.1 Å². The van der Waals surface area contributed by atoms with Crippen LogP contribution in [0.15, 0.2) is 42.4 Å². The summed E-state index contributed by atoms with van der Waals surface area (Å²) in [6.07, 6.45) is 14.7. The zero-order chi connectivity index (χ0) is 30.8. The number of pyridine rings is 1. The number of ether oxygens (including phenoxy) is 1. The molecule has 0 unspecified atom stereocenters. The maximum absolute atomic E-state index is 13.3. The van der Waals surface area contributed by atoms with Crippen molar-refractivity contribution >= 4 is 35.1 Å². The Morgan fingerprint density at radius 3 is 2.67 bits per heavy atom. The van der Waals surface area contributed by atoms with Gasteiger partial charge in [-0.3, -0.25) is 9.48 Å². The van der Waals surface area contributed by atoms with Crippen molar-refractivity contribution in [2.24, 2.45) is 0 Å². The van der Waals surface area contributed by atoms with Crippen LogP contribution in [0.25, 0.3) is 11.6 Å². The van der Waals surface area contributed by atoms with Gasteiger partial charge in [-0.15, -0.1) is 0 Å². The number of amides is 1. The van der Waals surface area contributed by atoms with E-state index in [0.29, 0.717) is 30.7 Å². The van der Waals surface area contributed by atoms with Gasteiger partial charge >= 0.3 is 0 Å².